The molecule has 136 valence electrons. The fraction of sp³-hybridized carbons (Fsp3) is 0.941. The molecule has 5 nitrogen and oxygen atoms in total. The summed E-state index contributed by atoms with van der Waals surface area (Å²) in [7, 11) is -2.12. The van der Waals surface area contributed by atoms with E-state index in [1.807, 2.05) is 0 Å². The Bertz CT molecular complexity index is 320. The van der Waals surface area contributed by atoms with Crippen LogP contribution in [-0.4, -0.2) is 20.9 Å². The quantitative estimate of drug-likeness (QED) is 0.454. The SMILES string of the molecule is CCCCCC.NP(O)O.O=C(O)C12CC3CC(CC(C3)C1)C2. The second-order valence-electron chi connectivity index (χ2n) is 7.53. The predicted octanol–water partition coefficient (Wildman–Crippen LogP) is 4.03. The van der Waals surface area contributed by atoms with Gasteiger partial charge >= 0.3 is 5.97 Å². The maximum absolute atomic E-state index is 11.3. The molecule has 23 heavy (non-hydrogen) atoms. The van der Waals surface area contributed by atoms with Crippen molar-refractivity contribution in [2.75, 3.05) is 0 Å². The molecule has 0 radical (unpaired) electrons. The molecule has 0 atom stereocenters. The average Bonchev–Trinajstić information content (AvgIpc) is 2.43. The minimum absolute atomic E-state index is 0.283. The molecule has 6 heteroatoms. The Morgan fingerprint density at radius 3 is 1.52 bits per heavy atom. The molecule has 0 aliphatic heterocycles. The molecule has 0 amide bonds. The molecular weight excluding hydrogens is 313 g/mol. The first-order valence-electron chi connectivity index (χ1n) is 8.99. The lowest BCUT2D eigenvalue weighted by Crippen LogP contribution is -2.49. The maximum Gasteiger partial charge on any atom is 0.309 e. The van der Waals surface area contributed by atoms with Crippen molar-refractivity contribution in [3.8, 4) is 0 Å². The van der Waals surface area contributed by atoms with Crippen LogP contribution in [0.3, 0.4) is 0 Å². The van der Waals surface area contributed by atoms with Gasteiger partial charge in [-0.15, -0.1) is 0 Å². The lowest BCUT2D eigenvalue weighted by Gasteiger charge is -2.54. The van der Waals surface area contributed by atoms with Crippen LogP contribution in [0.1, 0.15) is 78.1 Å². The zero-order valence-electron chi connectivity index (χ0n) is 14.6. The van der Waals surface area contributed by atoms with Crippen molar-refractivity contribution in [3.63, 3.8) is 0 Å². The standard InChI is InChI=1S/C11H16O2.C6H14.H4NO2P/c12-10(13)11-4-7-1-8(5-11)3-9(2-7)6-11;1-3-5-6-4-2;1-4(2)3/h7-9H,1-6H2,(H,12,13);3-6H2,1-2H3;2-3H,1H2. The fourth-order valence-corrected chi connectivity index (χ4v) is 4.87. The van der Waals surface area contributed by atoms with E-state index in [2.05, 4.69) is 19.4 Å². The van der Waals surface area contributed by atoms with E-state index in [1.165, 1.54) is 44.9 Å². The molecule has 0 aromatic heterocycles. The average molecular weight is 347 g/mol. The van der Waals surface area contributed by atoms with Gasteiger partial charge in [-0.1, -0.05) is 39.5 Å². The van der Waals surface area contributed by atoms with Gasteiger partial charge in [-0.05, 0) is 56.3 Å². The molecule has 0 aromatic rings. The maximum atomic E-state index is 11.3. The molecule has 0 heterocycles. The summed E-state index contributed by atoms with van der Waals surface area (Å²) >= 11 is 0. The van der Waals surface area contributed by atoms with Crippen molar-refractivity contribution in [2.45, 2.75) is 78.1 Å². The van der Waals surface area contributed by atoms with Gasteiger partial charge in [0.2, 0.25) is 8.53 Å². The van der Waals surface area contributed by atoms with E-state index in [0.717, 1.165) is 37.0 Å². The van der Waals surface area contributed by atoms with Gasteiger partial charge in [0, 0.05) is 0 Å². The van der Waals surface area contributed by atoms with Crippen LogP contribution in [0.4, 0.5) is 0 Å². The largest absolute Gasteiger partial charge is 0.481 e. The van der Waals surface area contributed by atoms with E-state index in [4.69, 9.17) is 9.79 Å². The third kappa shape index (κ3) is 6.66. The molecule has 4 rings (SSSR count). The molecule has 4 aliphatic rings. The van der Waals surface area contributed by atoms with Crippen molar-refractivity contribution in [2.24, 2.45) is 28.7 Å². The van der Waals surface area contributed by atoms with Gasteiger partial charge in [0.15, 0.2) is 0 Å². The Kier molecular flexibility index (Phi) is 8.99. The lowest BCUT2D eigenvalue weighted by atomic mass is 9.49. The normalized spacial score (nSPS) is 33.6. The minimum Gasteiger partial charge on any atom is -0.481 e. The van der Waals surface area contributed by atoms with Crippen molar-refractivity contribution in [1.29, 1.82) is 0 Å². The smallest absolute Gasteiger partial charge is 0.309 e. The van der Waals surface area contributed by atoms with E-state index in [-0.39, 0.29) is 5.41 Å². The summed E-state index contributed by atoms with van der Waals surface area (Å²) < 4.78 is 0. The Balaban J connectivity index is 0.000000224. The molecule has 4 saturated carbocycles. The monoisotopic (exact) mass is 347 g/mol. The number of nitrogens with two attached hydrogens (primary N) is 1. The van der Waals surface area contributed by atoms with Gasteiger partial charge in [-0.2, -0.15) is 0 Å². The first-order valence-corrected chi connectivity index (χ1v) is 10.3. The number of carbonyl (C=O) groups is 1. The van der Waals surface area contributed by atoms with Crippen LogP contribution in [0.2, 0.25) is 0 Å². The second kappa shape index (κ2) is 9.93. The number of unbranched alkanes of at least 4 members (excludes halogenated alkanes) is 3. The van der Waals surface area contributed by atoms with Gasteiger partial charge in [0.1, 0.15) is 0 Å². The summed E-state index contributed by atoms with van der Waals surface area (Å²) in [4.78, 5) is 26.2. The Labute approximate surface area is 141 Å². The van der Waals surface area contributed by atoms with Gasteiger partial charge in [-0.3, -0.25) is 10.3 Å². The third-order valence-corrected chi connectivity index (χ3v) is 5.45. The van der Waals surface area contributed by atoms with E-state index < -0.39 is 14.5 Å². The number of aliphatic carboxylic acids is 1. The number of carboxylic acids is 1. The summed E-state index contributed by atoms with van der Waals surface area (Å²) in [5.41, 5.74) is 4.00. The van der Waals surface area contributed by atoms with Crippen LogP contribution in [-0.2, 0) is 4.79 Å². The molecule has 4 bridgehead atoms. The summed E-state index contributed by atoms with van der Waals surface area (Å²) in [5.74, 6) is 1.75. The van der Waals surface area contributed by atoms with E-state index in [0.29, 0.717) is 0 Å². The number of hydrogen-bond donors (Lipinski definition) is 4. The van der Waals surface area contributed by atoms with Crippen LogP contribution in [0.5, 0.6) is 0 Å². The molecule has 5 N–H and O–H groups in total. The van der Waals surface area contributed by atoms with Crippen molar-refractivity contribution in [3.05, 3.63) is 0 Å². The van der Waals surface area contributed by atoms with E-state index >= 15 is 0 Å². The van der Waals surface area contributed by atoms with Crippen molar-refractivity contribution >= 4 is 14.5 Å². The van der Waals surface area contributed by atoms with Gasteiger partial charge < -0.3 is 14.9 Å². The highest BCUT2D eigenvalue weighted by Crippen LogP contribution is 2.59. The van der Waals surface area contributed by atoms with Gasteiger partial charge in [-0.25, -0.2) is 0 Å². The van der Waals surface area contributed by atoms with Gasteiger partial charge in [0.25, 0.3) is 0 Å². The first kappa shape index (κ1) is 20.8. The van der Waals surface area contributed by atoms with E-state index in [1.54, 1.807) is 0 Å². The lowest BCUT2D eigenvalue weighted by molar-refractivity contribution is -0.164. The minimum atomic E-state index is -2.12. The first-order chi connectivity index (χ1) is 10.8. The Morgan fingerprint density at radius 2 is 1.30 bits per heavy atom. The van der Waals surface area contributed by atoms with Crippen LogP contribution >= 0.6 is 8.53 Å². The van der Waals surface area contributed by atoms with Crippen molar-refractivity contribution in [1.82, 2.24) is 0 Å². The Hall–Kier alpha value is -0.220. The van der Waals surface area contributed by atoms with Gasteiger partial charge in [0.05, 0.1) is 5.41 Å². The zero-order chi connectivity index (χ0) is 17.5. The highest BCUT2D eigenvalue weighted by molar-refractivity contribution is 7.42. The number of carboxylic acid groups (broad SMARTS) is 1. The summed E-state index contributed by atoms with van der Waals surface area (Å²) in [6.07, 6.45) is 12.5. The molecule has 4 fully saturated rings. The molecule has 0 unspecified atom stereocenters. The number of rotatable bonds is 4. The van der Waals surface area contributed by atoms with Crippen molar-refractivity contribution < 1.29 is 19.7 Å². The summed E-state index contributed by atoms with van der Waals surface area (Å²) in [6.45, 7) is 4.46. The number of hydrogen-bond acceptors (Lipinski definition) is 4. The molecule has 0 saturated heterocycles. The molecular formula is C17H34NO4P. The Morgan fingerprint density at radius 1 is 1.00 bits per heavy atom. The van der Waals surface area contributed by atoms with Crippen LogP contribution < -0.4 is 5.50 Å². The molecule has 0 aromatic carbocycles. The van der Waals surface area contributed by atoms with E-state index in [9.17, 15) is 9.90 Å². The summed E-state index contributed by atoms with van der Waals surface area (Å²) in [6, 6.07) is 0. The molecule has 4 aliphatic carbocycles. The highest BCUT2D eigenvalue weighted by atomic mass is 31.2. The second-order valence-corrected chi connectivity index (χ2v) is 8.17. The third-order valence-electron chi connectivity index (χ3n) is 5.45. The molecule has 0 spiro atoms. The van der Waals surface area contributed by atoms with Crippen LogP contribution in [0.15, 0.2) is 0 Å². The predicted molar refractivity (Wildman–Crippen MR) is 93.6 cm³/mol. The van der Waals surface area contributed by atoms with Crippen LogP contribution in [0, 0.1) is 23.2 Å². The fourth-order valence-electron chi connectivity index (χ4n) is 4.87. The highest BCUT2D eigenvalue weighted by Gasteiger charge is 2.54. The zero-order valence-corrected chi connectivity index (χ0v) is 15.5. The summed E-state index contributed by atoms with van der Waals surface area (Å²) in [5, 5.41) is 9.28. The topological polar surface area (TPSA) is 104 Å². The van der Waals surface area contributed by atoms with Crippen LogP contribution in [0.25, 0.3) is 0 Å².